The number of rotatable bonds is 5. The van der Waals surface area contributed by atoms with Crippen LogP contribution in [0, 0.1) is 13.8 Å². The van der Waals surface area contributed by atoms with E-state index in [1.165, 1.54) is 0 Å². The van der Waals surface area contributed by atoms with Gasteiger partial charge in [0, 0.05) is 0 Å². The average molecular weight is 373 g/mol. The highest BCUT2D eigenvalue weighted by Gasteiger charge is 2.19. The Kier molecular flexibility index (Phi) is 4.84. The normalized spacial score (nSPS) is 12.4. The van der Waals surface area contributed by atoms with E-state index in [0.717, 1.165) is 22.6 Å². The lowest BCUT2D eigenvalue weighted by Gasteiger charge is -2.21. The van der Waals surface area contributed by atoms with Gasteiger partial charge >= 0.3 is 0 Å². The number of benzene rings is 2. The Labute approximate surface area is 163 Å². The van der Waals surface area contributed by atoms with Gasteiger partial charge in [0.05, 0.1) is 35.4 Å². The van der Waals surface area contributed by atoms with Gasteiger partial charge in [-0.1, -0.05) is 24.3 Å². The molecular weight excluding hydrogens is 350 g/mol. The molecule has 0 aliphatic heterocycles. The summed E-state index contributed by atoms with van der Waals surface area (Å²) in [7, 11) is 0. The average Bonchev–Trinajstić information content (AvgIpc) is 3.22. The van der Waals surface area contributed by atoms with E-state index < -0.39 is 0 Å². The van der Waals surface area contributed by atoms with Crippen LogP contribution in [0.1, 0.15) is 35.7 Å². The summed E-state index contributed by atoms with van der Waals surface area (Å²) in [4.78, 5) is 18.3. The van der Waals surface area contributed by atoms with Gasteiger partial charge in [0.15, 0.2) is 0 Å². The van der Waals surface area contributed by atoms with Crippen LogP contribution < -0.4 is 10.9 Å². The van der Waals surface area contributed by atoms with Gasteiger partial charge in [-0.25, -0.2) is 4.98 Å². The summed E-state index contributed by atoms with van der Waals surface area (Å²) in [6, 6.07) is 17.3. The molecule has 5 heteroatoms. The molecule has 0 fully saturated rings. The summed E-state index contributed by atoms with van der Waals surface area (Å²) in [5.41, 5.74) is 3.65. The molecule has 0 saturated carbocycles. The zero-order chi connectivity index (χ0) is 19.7. The van der Waals surface area contributed by atoms with Crippen LogP contribution >= 0.6 is 0 Å². The van der Waals surface area contributed by atoms with Gasteiger partial charge in [-0.2, -0.15) is 0 Å². The van der Waals surface area contributed by atoms with E-state index in [0.29, 0.717) is 23.3 Å². The van der Waals surface area contributed by atoms with Gasteiger partial charge in [-0.05, 0) is 62.2 Å². The van der Waals surface area contributed by atoms with Crippen molar-refractivity contribution in [2.24, 2.45) is 0 Å². The van der Waals surface area contributed by atoms with E-state index in [1.807, 2.05) is 69.3 Å². The minimum atomic E-state index is -0.151. The van der Waals surface area contributed by atoms with Crippen molar-refractivity contribution in [1.82, 2.24) is 14.9 Å². The van der Waals surface area contributed by atoms with Gasteiger partial charge in [-0.3, -0.25) is 9.36 Å². The zero-order valence-electron chi connectivity index (χ0n) is 16.3. The van der Waals surface area contributed by atoms with Crippen LogP contribution in [0.25, 0.3) is 16.6 Å². The fraction of sp³-hybridized carbons (Fsp3) is 0.217. The number of aromatic nitrogens is 2. The van der Waals surface area contributed by atoms with Crippen molar-refractivity contribution in [3.8, 4) is 5.69 Å². The number of para-hydroxylation sites is 1. The Balaban J connectivity index is 1.88. The second-order valence-electron chi connectivity index (χ2n) is 7.10. The molecular formula is C23H23N3O2. The largest absolute Gasteiger partial charge is 0.468 e. The first-order valence-electron chi connectivity index (χ1n) is 9.39. The Morgan fingerprint density at radius 2 is 1.93 bits per heavy atom. The number of hydrogen-bond acceptors (Lipinski definition) is 4. The van der Waals surface area contributed by atoms with Crippen molar-refractivity contribution < 1.29 is 4.42 Å². The minimum Gasteiger partial charge on any atom is -0.468 e. The van der Waals surface area contributed by atoms with Crippen LogP contribution in [-0.2, 0) is 6.54 Å². The van der Waals surface area contributed by atoms with E-state index in [9.17, 15) is 4.79 Å². The van der Waals surface area contributed by atoms with Crippen molar-refractivity contribution >= 4 is 10.9 Å². The Bertz CT molecular complexity index is 1180. The highest BCUT2D eigenvalue weighted by Crippen LogP contribution is 2.21. The summed E-state index contributed by atoms with van der Waals surface area (Å²) in [5.74, 6) is 1.53. The molecule has 0 radical (unpaired) electrons. The molecule has 0 bridgehead atoms. The van der Waals surface area contributed by atoms with E-state index in [2.05, 4.69) is 11.4 Å². The molecule has 2 aromatic heterocycles. The molecule has 2 heterocycles. The fourth-order valence-electron chi connectivity index (χ4n) is 3.39. The van der Waals surface area contributed by atoms with Crippen molar-refractivity contribution in [3.05, 3.63) is 93.9 Å². The summed E-state index contributed by atoms with van der Waals surface area (Å²) < 4.78 is 7.15. The first kappa shape index (κ1) is 18.2. The van der Waals surface area contributed by atoms with E-state index >= 15 is 0 Å². The molecule has 5 nitrogen and oxygen atoms in total. The molecule has 0 aliphatic carbocycles. The van der Waals surface area contributed by atoms with Gasteiger partial charge in [0.2, 0.25) is 0 Å². The van der Waals surface area contributed by atoms with Crippen LogP contribution in [0.5, 0.6) is 0 Å². The van der Waals surface area contributed by atoms with Crippen molar-refractivity contribution in [3.63, 3.8) is 0 Å². The number of fused-ring (bicyclic) bond motifs is 1. The fourth-order valence-corrected chi connectivity index (χ4v) is 3.39. The van der Waals surface area contributed by atoms with Crippen LogP contribution in [0.15, 0.2) is 70.1 Å². The number of nitrogens with zero attached hydrogens (tertiary/aromatic N) is 2. The smallest absolute Gasteiger partial charge is 0.266 e. The number of aryl methyl sites for hydroxylation is 2. The monoisotopic (exact) mass is 373 g/mol. The molecule has 2 aromatic carbocycles. The minimum absolute atomic E-state index is 0.0547. The number of nitrogens with one attached hydrogen (secondary N) is 1. The molecule has 1 atom stereocenters. The van der Waals surface area contributed by atoms with Gasteiger partial charge < -0.3 is 9.73 Å². The predicted octanol–water partition coefficient (Wildman–Crippen LogP) is 4.45. The van der Waals surface area contributed by atoms with Gasteiger partial charge in [0.25, 0.3) is 5.56 Å². The number of hydrogen-bond donors (Lipinski definition) is 1. The predicted molar refractivity (Wildman–Crippen MR) is 111 cm³/mol. The first-order chi connectivity index (χ1) is 13.5. The van der Waals surface area contributed by atoms with Crippen LogP contribution in [0.2, 0.25) is 0 Å². The van der Waals surface area contributed by atoms with E-state index in [4.69, 9.17) is 9.40 Å². The summed E-state index contributed by atoms with van der Waals surface area (Å²) in [6.45, 7) is 6.62. The Hall–Kier alpha value is -3.18. The van der Waals surface area contributed by atoms with Crippen LogP contribution in [0.3, 0.4) is 0 Å². The molecule has 1 N–H and O–H groups in total. The third-order valence-corrected chi connectivity index (χ3v) is 4.96. The highest BCUT2D eigenvalue weighted by molar-refractivity contribution is 5.78. The molecule has 0 saturated heterocycles. The molecule has 0 aliphatic rings. The van der Waals surface area contributed by atoms with Crippen molar-refractivity contribution in [1.29, 1.82) is 0 Å². The van der Waals surface area contributed by atoms with E-state index in [-0.39, 0.29) is 11.6 Å². The lowest BCUT2D eigenvalue weighted by molar-refractivity contribution is 0.450. The number of furan rings is 1. The lowest BCUT2D eigenvalue weighted by atomic mass is 10.1. The topological polar surface area (TPSA) is 60.1 Å². The zero-order valence-corrected chi connectivity index (χ0v) is 16.3. The van der Waals surface area contributed by atoms with Crippen LogP contribution in [-0.4, -0.2) is 9.55 Å². The maximum Gasteiger partial charge on any atom is 0.266 e. The molecule has 0 amide bonds. The highest BCUT2D eigenvalue weighted by atomic mass is 16.3. The van der Waals surface area contributed by atoms with E-state index in [1.54, 1.807) is 10.8 Å². The molecule has 4 rings (SSSR count). The Morgan fingerprint density at radius 3 is 2.71 bits per heavy atom. The van der Waals surface area contributed by atoms with Crippen molar-refractivity contribution in [2.75, 3.05) is 0 Å². The Morgan fingerprint density at radius 1 is 1.11 bits per heavy atom. The molecule has 142 valence electrons. The molecule has 1 unspecified atom stereocenters. The van der Waals surface area contributed by atoms with Gasteiger partial charge in [0.1, 0.15) is 11.6 Å². The second kappa shape index (κ2) is 7.44. The maximum absolute atomic E-state index is 13.4. The van der Waals surface area contributed by atoms with Crippen LogP contribution in [0.4, 0.5) is 0 Å². The third kappa shape index (κ3) is 3.37. The summed E-state index contributed by atoms with van der Waals surface area (Å²) in [6.07, 6.45) is 1.65. The SMILES string of the molecule is Cc1ccc(C)c(-n2c(C(C)NCc3ccco3)nc3ccccc3c2=O)c1. The quantitative estimate of drug-likeness (QED) is 0.562. The van der Waals surface area contributed by atoms with Gasteiger partial charge in [-0.15, -0.1) is 0 Å². The first-order valence-corrected chi connectivity index (χ1v) is 9.39. The van der Waals surface area contributed by atoms with Crippen molar-refractivity contribution in [2.45, 2.75) is 33.4 Å². The standard InChI is InChI=1S/C23H23N3O2/c1-15-10-11-16(2)21(13-15)26-22(17(3)24-14-18-7-6-12-28-18)25-20-9-5-4-8-19(20)23(26)27/h4-13,17,24H,14H2,1-3H3. The summed E-state index contributed by atoms with van der Waals surface area (Å²) in [5, 5.41) is 4.04. The second-order valence-corrected chi connectivity index (χ2v) is 7.10. The summed E-state index contributed by atoms with van der Waals surface area (Å²) >= 11 is 0. The molecule has 0 spiro atoms. The molecule has 4 aromatic rings. The molecule has 28 heavy (non-hydrogen) atoms. The maximum atomic E-state index is 13.4. The third-order valence-electron chi connectivity index (χ3n) is 4.96. The lowest BCUT2D eigenvalue weighted by Crippen LogP contribution is -2.30.